The first-order chi connectivity index (χ1) is 10.9. The summed E-state index contributed by atoms with van der Waals surface area (Å²) in [5, 5.41) is 6.54. The highest BCUT2D eigenvalue weighted by Crippen LogP contribution is 2.14. The fraction of sp³-hybridized carbons (Fsp3) is 0.200. The molecule has 0 bridgehead atoms. The number of nitrogens with zero attached hydrogens (tertiary/aromatic N) is 2. The van der Waals surface area contributed by atoms with E-state index in [9.17, 15) is 14.4 Å². The fourth-order valence-corrected chi connectivity index (χ4v) is 2.61. The highest BCUT2D eigenvalue weighted by Gasteiger charge is 2.27. The number of aryl methyl sites for hydroxylation is 1. The predicted molar refractivity (Wildman–Crippen MR) is 86.5 cm³/mol. The molecule has 1 aromatic carbocycles. The van der Waals surface area contributed by atoms with E-state index in [-0.39, 0.29) is 12.0 Å². The Kier molecular flexibility index (Phi) is 5.28. The molecular formula is C15H15BrN4O3. The maximum atomic E-state index is 12.3. The Morgan fingerprint density at radius 1 is 1.30 bits per heavy atom. The van der Waals surface area contributed by atoms with E-state index < -0.39 is 23.6 Å². The van der Waals surface area contributed by atoms with Gasteiger partial charge in [-0.25, -0.2) is 0 Å². The second-order valence-electron chi connectivity index (χ2n) is 4.95. The number of halogens is 1. The van der Waals surface area contributed by atoms with Crippen LogP contribution in [0.5, 0.6) is 0 Å². The number of nitrogens with one attached hydrogen (secondary N) is 1. The van der Waals surface area contributed by atoms with Gasteiger partial charge in [0.25, 0.3) is 11.8 Å². The number of ketones is 1. The van der Waals surface area contributed by atoms with Gasteiger partial charge in [0.05, 0.1) is 5.56 Å². The molecule has 1 atom stereocenters. The Morgan fingerprint density at radius 3 is 2.48 bits per heavy atom. The van der Waals surface area contributed by atoms with E-state index in [0.29, 0.717) is 4.60 Å². The Morgan fingerprint density at radius 2 is 1.96 bits per heavy atom. The van der Waals surface area contributed by atoms with Crippen molar-refractivity contribution < 1.29 is 14.4 Å². The number of amides is 2. The van der Waals surface area contributed by atoms with Gasteiger partial charge in [0.1, 0.15) is 10.6 Å². The number of benzene rings is 1. The van der Waals surface area contributed by atoms with E-state index in [1.54, 1.807) is 31.3 Å². The molecule has 0 fully saturated rings. The second kappa shape index (κ2) is 7.19. The van der Waals surface area contributed by atoms with Crippen molar-refractivity contribution in [1.82, 2.24) is 15.1 Å². The van der Waals surface area contributed by atoms with Crippen molar-refractivity contribution in [2.45, 2.75) is 12.5 Å². The minimum atomic E-state index is -1.09. The number of carbonyl (C=O) groups is 3. The maximum absolute atomic E-state index is 12.3. The first-order valence-electron chi connectivity index (χ1n) is 6.76. The molecule has 2 rings (SSSR count). The molecule has 0 saturated carbocycles. The van der Waals surface area contributed by atoms with E-state index in [1.165, 1.54) is 10.9 Å². The number of rotatable bonds is 6. The number of aromatic nitrogens is 2. The molecular weight excluding hydrogens is 364 g/mol. The van der Waals surface area contributed by atoms with Crippen molar-refractivity contribution in [3.63, 3.8) is 0 Å². The molecule has 120 valence electrons. The van der Waals surface area contributed by atoms with Crippen LogP contribution in [0.3, 0.4) is 0 Å². The Balaban J connectivity index is 2.20. The zero-order chi connectivity index (χ0) is 17.0. The number of Topliss-reactive ketones (excluding diaryl/α,β-unsaturated/α-hetero) is 1. The first-order valence-corrected chi connectivity index (χ1v) is 7.55. The summed E-state index contributed by atoms with van der Waals surface area (Å²) in [5.41, 5.74) is 6.14. The number of hydrogen-bond acceptors (Lipinski definition) is 4. The van der Waals surface area contributed by atoms with Gasteiger partial charge >= 0.3 is 0 Å². The zero-order valence-corrected chi connectivity index (χ0v) is 13.9. The molecule has 2 aromatic rings. The minimum Gasteiger partial charge on any atom is -0.363 e. The lowest BCUT2D eigenvalue weighted by Gasteiger charge is -2.16. The largest absolute Gasteiger partial charge is 0.363 e. The van der Waals surface area contributed by atoms with Gasteiger partial charge in [-0.3, -0.25) is 19.1 Å². The van der Waals surface area contributed by atoms with Crippen molar-refractivity contribution in [1.29, 1.82) is 0 Å². The number of hydrogen-bond donors (Lipinski definition) is 2. The molecule has 3 N–H and O–H groups in total. The molecule has 7 nitrogen and oxygen atoms in total. The van der Waals surface area contributed by atoms with E-state index in [2.05, 4.69) is 26.3 Å². The van der Waals surface area contributed by atoms with Gasteiger partial charge < -0.3 is 11.1 Å². The van der Waals surface area contributed by atoms with Crippen LogP contribution in [-0.4, -0.2) is 33.4 Å². The smallest absolute Gasteiger partial charge is 0.287 e. The van der Waals surface area contributed by atoms with Crippen LogP contribution in [0.15, 0.2) is 41.1 Å². The second-order valence-corrected chi connectivity index (χ2v) is 5.70. The molecule has 0 spiro atoms. The summed E-state index contributed by atoms with van der Waals surface area (Å²) in [6.07, 6.45) is 1.68. The monoisotopic (exact) mass is 378 g/mol. The number of carbonyl (C=O) groups excluding carboxylic acids is 3. The normalized spacial score (nSPS) is 11.7. The Hall–Kier alpha value is -2.48. The molecule has 1 heterocycles. The van der Waals surface area contributed by atoms with Gasteiger partial charge in [-0.05, 0) is 21.5 Å². The van der Waals surface area contributed by atoms with Crippen molar-refractivity contribution in [3.05, 3.63) is 52.3 Å². The van der Waals surface area contributed by atoms with Gasteiger partial charge in [-0.1, -0.05) is 30.3 Å². The molecule has 0 unspecified atom stereocenters. The standard InChI is InChI=1S/C15H15BrN4O3/c1-20-8-10(13(16)19-20)15(23)18-11(12(21)14(17)22)7-9-5-3-2-4-6-9/h2-6,8,11H,7H2,1H3,(H2,17,22)(H,18,23)/t11-/m0/s1. The van der Waals surface area contributed by atoms with Gasteiger partial charge in [0.2, 0.25) is 5.78 Å². The van der Waals surface area contributed by atoms with E-state index in [1.807, 2.05) is 6.07 Å². The van der Waals surface area contributed by atoms with Gasteiger partial charge in [-0.2, -0.15) is 5.10 Å². The Bertz CT molecular complexity index is 742. The third-order valence-corrected chi connectivity index (χ3v) is 3.76. The summed E-state index contributed by atoms with van der Waals surface area (Å²) in [4.78, 5) is 35.5. The van der Waals surface area contributed by atoms with Crippen LogP contribution >= 0.6 is 15.9 Å². The molecule has 2 amide bonds. The lowest BCUT2D eigenvalue weighted by Crippen LogP contribution is -2.47. The zero-order valence-electron chi connectivity index (χ0n) is 12.3. The molecule has 0 radical (unpaired) electrons. The molecule has 8 heteroatoms. The van der Waals surface area contributed by atoms with Gasteiger partial charge in [0, 0.05) is 19.7 Å². The minimum absolute atomic E-state index is 0.173. The molecule has 0 aliphatic rings. The van der Waals surface area contributed by atoms with E-state index in [0.717, 1.165) is 5.56 Å². The topological polar surface area (TPSA) is 107 Å². The van der Waals surface area contributed by atoms with Crippen LogP contribution in [0.25, 0.3) is 0 Å². The number of primary amides is 1. The summed E-state index contributed by atoms with van der Waals surface area (Å²) < 4.78 is 1.81. The van der Waals surface area contributed by atoms with Crippen molar-refractivity contribution in [2.24, 2.45) is 12.8 Å². The quantitative estimate of drug-likeness (QED) is 0.716. The summed E-state index contributed by atoms with van der Waals surface area (Å²) >= 11 is 3.17. The van der Waals surface area contributed by atoms with Crippen LogP contribution in [0.1, 0.15) is 15.9 Å². The maximum Gasteiger partial charge on any atom is 0.287 e. The average Bonchev–Trinajstić information content (AvgIpc) is 2.85. The summed E-state index contributed by atoms with van der Waals surface area (Å²) in [6, 6.07) is 8.01. The van der Waals surface area contributed by atoms with Crippen molar-refractivity contribution in [3.8, 4) is 0 Å². The van der Waals surface area contributed by atoms with Crippen LogP contribution in [-0.2, 0) is 23.1 Å². The lowest BCUT2D eigenvalue weighted by atomic mass is 10.0. The molecule has 23 heavy (non-hydrogen) atoms. The first kappa shape index (κ1) is 16.9. The molecule has 0 aliphatic carbocycles. The van der Waals surface area contributed by atoms with Crippen LogP contribution in [0.4, 0.5) is 0 Å². The average molecular weight is 379 g/mol. The van der Waals surface area contributed by atoms with Crippen LogP contribution in [0, 0.1) is 0 Å². The molecule has 0 aliphatic heterocycles. The van der Waals surface area contributed by atoms with Crippen LogP contribution in [0.2, 0.25) is 0 Å². The van der Waals surface area contributed by atoms with Crippen molar-refractivity contribution >= 4 is 33.5 Å². The summed E-state index contributed by atoms with van der Waals surface area (Å²) in [6.45, 7) is 0. The van der Waals surface area contributed by atoms with Gasteiger partial charge in [-0.15, -0.1) is 0 Å². The summed E-state index contributed by atoms with van der Waals surface area (Å²) in [7, 11) is 1.66. The fourth-order valence-electron chi connectivity index (χ4n) is 2.08. The molecule has 1 aromatic heterocycles. The highest BCUT2D eigenvalue weighted by atomic mass is 79.9. The third-order valence-electron chi connectivity index (χ3n) is 3.18. The SMILES string of the molecule is Cn1cc(C(=O)N[C@@H](Cc2ccccc2)C(=O)C(N)=O)c(Br)n1. The summed E-state index contributed by atoms with van der Waals surface area (Å²) in [5.74, 6) is -2.45. The highest BCUT2D eigenvalue weighted by molar-refractivity contribution is 9.10. The van der Waals surface area contributed by atoms with E-state index >= 15 is 0 Å². The van der Waals surface area contributed by atoms with Crippen LogP contribution < -0.4 is 11.1 Å². The van der Waals surface area contributed by atoms with Crippen molar-refractivity contribution in [2.75, 3.05) is 0 Å². The van der Waals surface area contributed by atoms with Gasteiger partial charge in [0.15, 0.2) is 0 Å². The lowest BCUT2D eigenvalue weighted by molar-refractivity contribution is -0.137. The Labute approximate surface area is 141 Å². The molecule has 0 saturated heterocycles. The predicted octanol–water partition coefficient (Wildman–Crippen LogP) is 0.578. The third kappa shape index (κ3) is 4.26. The van der Waals surface area contributed by atoms with E-state index in [4.69, 9.17) is 5.73 Å². The number of nitrogens with two attached hydrogens (primary N) is 1.